The van der Waals surface area contributed by atoms with Gasteiger partial charge in [-0.3, -0.25) is 4.79 Å². The molecular weight excluding hydrogens is 689 g/mol. The Morgan fingerprint density at radius 3 is 2.20 bits per heavy atom. The second-order valence-electron chi connectivity index (χ2n) is 20.1. The van der Waals surface area contributed by atoms with Gasteiger partial charge in [0.05, 0.1) is 6.10 Å². The van der Waals surface area contributed by atoms with Crippen LogP contribution in [0, 0.1) is 52.3 Å². The van der Waals surface area contributed by atoms with Crippen molar-refractivity contribution in [2.45, 2.75) is 227 Å². The second kappa shape index (κ2) is 20.8. The highest BCUT2D eigenvalue weighted by molar-refractivity contribution is 5.69. The van der Waals surface area contributed by atoms with Crippen molar-refractivity contribution in [1.29, 1.82) is 0 Å². The van der Waals surface area contributed by atoms with Crippen molar-refractivity contribution >= 4 is 5.97 Å². The maximum absolute atomic E-state index is 12.5. The Bertz CT molecular complexity index is 1200. The van der Waals surface area contributed by atoms with Crippen LogP contribution < -0.4 is 0 Å². The van der Waals surface area contributed by atoms with E-state index in [4.69, 9.17) is 14.2 Å². The molecule has 55 heavy (non-hydrogen) atoms. The lowest BCUT2D eigenvalue weighted by Gasteiger charge is -2.58. The molecule has 1 aliphatic heterocycles. The average molecular weight is 773 g/mol. The fourth-order valence-corrected chi connectivity index (χ4v) is 12.8. The summed E-state index contributed by atoms with van der Waals surface area (Å²) >= 11 is 0. The van der Waals surface area contributed by atoms with Crippen molar-refractivity contribution in [3.8, 4) is 0 Å². The molecule has 0 aromatic heterocycles. The third kappa shape index (κ3) is 10.8. The summed E-state index contributed by atoms with van der Waals surface area (Å²) in [4.78, 5) is 12.5. The normalized spacial score (nSPS) is 38.5. The Morgan fingerprint density at radius 1 is 0.836 bits per heavy atom. The largest absolute Gasteiger partial charge is 0.463 e. The molecule has 14 unspecified atom stereocenters. The Labute approximate surface area is 336 Å². The first kappa shape index (κ1) is 45.1. The van der Waals surface area contributed by atoms with Crippen LogP contribution in [0.5, 0.6) is 0 Å². The molecule has 7 heteroatoms. The SMILES string of the molecule is CCCCCCCCCCCCC(=O)OCC1OC(OC2CCC3(C)C(=CCC4C3CCC3(C)C(C(C)CCC(CC)C(C)C)CCC43)C2)C(O)C(O)C1O. The van der Waals surface area contributed by atoms with Crippen LogP contribution in [-0.2, 0) is 19.0 Å². The molecule has 318 valence electrons. The van der Waals surface area contributed by atoms with Gasteiger partial charge < -0.3 is 29.5 Å². The van der Waals surface area contributed by atoms with Crippen molar-refractivity contribution in [3.63, 3.8) is 0 Å². The maximum atomic E-state index is 12.5. The van der Waals surface area contributed by atoms with E-state index in [-0.39, 0.29) is 24.1 Å². The average Bonchev–Trinajstić information content (AvgIpc) is 3.52. The zero-order valence-electron chi connectivity index (χ0n) is 36.3. The van der Waals surface area contributed by atoms with Crippen LogP contribution in [0.1, 0.15) is 190 Å². The van der Waals surface area contributed by atoms with Crippen molar-refractivity contribution in [2.75, 3.05) is 6.61 Å². The number of aliphatic hydroxyl groups is 3. The summed E-state index contributed by atoms with van der Waals surface area (Å²) in [6.07, 6.45) is 21.9. The minimum absolute atomic E-state index is 0.138. The van der Waals surface area contributed by atoms with Crippen LogP contribution in [0.25, 0.3) is 0 Å². The zero-order valence-corrected chi connectivity index (χ0v) is 36.3. The third-order valence-electron chi connectivity index (χ3n) is 16.4. The molecule has 0 aromatic carbocycles. The second-order valence-corrected chi connectivity index (χ2v) is 20.1. The Balaban J connectivity index is 1.09. The van der Waals surface area contributed by atoms with Crippen LogP contribution in [0.3, 0.4) is 0 Å². The van der Waals surface area contributed by atoms with E-state index in [1.54, 1.807) is 0 Å². The van der Waals surface area contributed by atoms with Gasteiger partial charge in [0, 0.05) is 6.42 Å². The summed E-state index contributed by atoms with van der Waals surface area (Å²) in [6.45, 7) is 17.0. The van der Waals surface area contributed by atoms with E-state index in [0.29, 0.717) is 17.8 Å². The van der Waals surface area contributed by atoms with E-state index in [9.17, 15) is 20.1 Å². The van der Waals surface area contributed by atoms with E-state index < -0.39 is 30.7 Å². The van der Waals surface area contributed by atoms with Crippen molar-refractivity contribution < 1.29 is 34.3 Å². The summed E-state index contributed by atoms with van der Waals surface area (Å²) in [7, 11) is 0. The molecular formula is C48H84O7. The molecule has 3 saturated carbocycles. The van der Waals surface area contributed by atoms with Gasteiger partial charge in [-0.1, -0.05) is 131 Å². The lowest BCUT2D eigenvalue weighted by atomic mass is 9.47. The minimum atomic E-state index is -1.44. The molecule has 4 aliphatic carbocycles. The molecule has 0 spiro atoms. The number of hydrogen-bond acceptors (Lipinski definition) is 7. The highest BCUT2D eigenvalue weighted by atomic mass is 16.7. The standard InChI is InChI=1S/C48H84O7/c1-8-10-11-12-13-14-15-16-17-18-19-42(49)53-31-41-43(50)44(51)45(52)46(55-41)54-36-26-28-47(6)35(30-36)22-23-37-39-25-24-38(48(39,7)29-27-40(37)47)33(5)20-21-34(9-2)32(3)4/h22,32-34,36-41,43-46,50-52H,8-21,23-31H2,1-7H3. The fraction of sp³-hybridized carbons (Fsp3) is 0.938. The molecule has 1 saturated heterocycles. The minimum Gasteiger partial charge on any atom is -0.463 e. The van der Waals surface area contributed by atoms with Gasteiger partial charge in [0.25, 0.3) is 0 Å². The first-order valence-corrected chi connectivity index (χ1v) is 23.5. The zero-order chi connectivity index (χ0) is 39.8. The predicted octanol–water partition coefficient (Wildman–Crippen LogP) is 10.7. The van der Waals surface area contributed by atoms with Gasteiger partial charge in [0.15, 0.2) is 6.29 Å². The number of unbranched alkanes of at least 4 members (excludes halogenated alkanes) is 9. The van der Waals surface area contributed by atoms with Crippen molar-refractivity contribution in [2.24, 2.45) is 52.3 Å². The van der Waals surface area contributed by atoms with Crippen LogP contribution in [0.2, 0.25) is 0 Å². The van der Waals surface area contributed by atoms with E-state index in [1.807, 2.05) is 0 Å². The number of allylic oxidation sites excluding steroid dienone is 1. The lowest BCUT2D eigenvalue weighted by Crippen LogP contribution is -2.60. The first-order valence-electron chi connectivity index (χ1n) is 23.5. The number of hydrogen-bond donors (Lipinski definition) is 3. The molecule has 0 radical (unpaired) electrons. The predicted molar refractivity (Wildman–Crippen MR) is 221 cm³/mol. The van der Waals surface area contributed by atoms with Crippen LogP contribution in [0.15, 0.2) is 11.6 Å². The number of esters is 1. The van der Waals surface area contributed by atoms with Gasteiger partial charge in [0.1, 0.15) is 31.0 Å². The number of carbonyl (C=O) groups is 1. The molecule has 0 amide bonds. The number of carbonyl (C=O) groups excluding carboxylic acids is 1. The van der Waals surface area contributed by atoms with E-state index in [2.05, 4.69) is 54.5 Å². The highest BCUT2D eigenvalue weighted by Gasteiger charge is 2.59. The Morgan fingerprint density at radius 2 is 1.53 bits per heavy atom. The van der Waals surface area contributed by atoms with E-state index >= 15 is 0 Å². The molecule has 4 fully saturated rings. The van der Waals surface area contributed by atoms with Crippen molar-refractivity contribution in [3.05, 3.63) is 11.6 Å². The fourth-order valence-electron chi connectivity index (χ4n) is 12.8. The van der Waals surface area contributed by atoms with Gasteiger partial charge in [0.2, 0.25) is 0 Å². The van der Waals surface area contributed by atoms with E-state index in [1.165, 1.54) is 95.5 Å². The summed E-state index contributed by atoms with van der Waals surface area (Å²) in [5.74, 6) is 5.24. The van der Waals surface area contributed by atoms with Gasteiger partial charge >= 0.3 is 5.97 Å². The molecule has 14 atom stereocenters. The smallest absolute Gasteiger partial charge is 0.305 e. The summed E-state index contributed by atoms with van der Waals surface area (Å²) in [5.41, 5.74) is 2.13. The van der Waals surface area contributed by atoms with Gasteiger partial charge in [-0.2, -0.15) is 0 Å². The lowest BCUT2D eigenvalue weighted by molar-refractivity contribution is -0.313. The Hall–Kier alpha value is -0.990. The van der Waals surface area contributed by atoms with Gasteiger partial charge in [-0.05, 0) is 116 Å². The summed E-state index contributed by atoms with van der Waals surface area (Å²) in [5, 5.41) is 32.4. The number of aliphatic hydroxyl groups excluding tert-OH is 3. The van der Waals surface area contributed by atoms with E-state index in [0.717, 1.165) is 80.5 Å². The third-order valence-corrected chi connectivity index (χ3v) is 16.4. The van der Waals surface area contributed by atoms with Gasteiger partial charge in [-0.15, -0.1) is 0 Å². The topological polar surface area (TPSA) is 105 Å². The molecule has 0 bridgehead atoms. The van der Waals surface area contributed by atoms with Crippen LogP contribution in [0.4, 0.5) is 0 Å². The molecule has 3 N–H and O–H groups in total. The highest BCUT2D eigenvalue weighted by Crippen LogP contribution is 2.67. The van der Waals surface area contributed by atoms with Crippen LogP contribution in [-0.4, -0.2) is 64.7 Å². The van der Waals surface area contributed by atoms with Crippen LogP contribution >= 0.6 is 0 Å². The first-order chi connectivity index (χ1) is 26.3. The summed E-state index contributed by atoms with van der Waals surface area (Å²) < 4.78 is 18.0. The van der Waals surface area contributed by atoms with Crippen molar-refractivity contribution in [1.82, 2.24) is 0 Å². The molecule has 5 rings (SSSR count). The molecule has 1 heterocycles. The molecule has 7 nitrogen and oxygen atoms in total. The Kier molecular flexibility index (Phi) is 17.1. The molecule has 0 aromatic rings. The molecule has 5 aliphatic rings. The summed E-state index contributed by atoms with van der Waals surface area (Å²) in [6, 6.07) is 0. The number of fused-ring (bicyclic) bond motifs is 5. The quantitative estimate of drug-likeness (QED) is 0.0606. The number of ether oxygens (including phenoxy) is 3. The maximum Gasteiger partial charge on any atom is 0.305 e. The van der Waals surface area contributed by atoms with Gasteiger partial charge in [-0.25, -0.2) is 0 Å². The number of rotatable bonds is 21. The monoisotopic (exact) mass is 773 g/mol.